The molecular weight excluding hydrogens is 326 g/mol. The van der Waals surface area contributed by atoms with E-state index in [0.29, 0.717) is 25.1 Å². The SMILES string of the molecule is CCCCCC(=O)C=CC1SCC(=O)N1CCCCCCC(=O)O. The van der Waals surface area contributed by atoms with Crippen molar-refractivity contribution in [2.24, 2.45) is 0 Å². The molecule has 0 aliphatic carbocycles. The number of ketones is 1. The molecule has 0 spiro atoms. The molecule has 0 radical (unpaired) electrons. The minimum Gasteiger partial charge on any atom is -0.481 e. The summed E-state index contributed by atoms with van der Waals surface area (Å²) < 4.78 is 0. The molecule has 24 heavy (non-hydrogen) atoms. The lowest BCUT2D eigenvalue weighted by atomic mass is 10.1. The van der Waals surface area contributed by atoms with Crippen LogP contribution in [0.1, 0.15) is 64.7 Å². The minimum atomic E-state index is -0.755. The van der Waals surface area contributed by atoms with Gasteiger partial charge in [0.1, 0.15) is 0 Å². The van der Waals surface area contributed by atoms with Crippen LogP contribution < -0.4 is 0 Å². The lowest BCUT2D eigenvalue weighted by molar-refractivity contribution is -0.137. The highest BCUT2D eigenvalue weighted by Gasteiger charge is 2.29. The van der Waals surface area contributed by atoms with Crippen molar-refractivity contribution in [3.05, 3.63) is 12.2 Å². The van der Waals surface area contributed by atoms with Gasteiger partial charge in [-0.15, -0.1) is 11.8 Å². The zero-order chi connectivity index (χ0) is 17.8. The Morgan fingerprint density at radius 2 is 1.88 bits per heavy atom. The molecule has 0 bridgehead atoms. The molecule has 1 amide bonds. The summed E-state index contributed by atoms with van der Waals surface area (Å²) in [5.41, 5.74) is 0. The number of hydrogen-bond acceptors (Lipinski definition) is 4. The first-order valence-corrected chi connectivity index (χ1v) is 9.93. The van der Waals surface area contributed by atoms with Crippen LogP contribution in [0.5, 0.6) is 0 Å². The second kappa shape index (κ2) is 12.1. The van der Waals surface area contributed by atoms with Crippen molar-refractivity contribution in [2.45, 2.75) is 70.1 Å². The van der Waals surface area contributed by atoms with Gasteiger partial charge in [-0.3, -0.25) is 14.4 Å². The fourth-order valence-electron chi connectivity index (χ4n) is 2.62. The smallest absolute Gasteiger partial charge is 0.303 e. The maximum Gasteiger partial charge on any atom is 0.303 e. The molecule has 5 nitrogen and oxygen atoms in total. The number of amides is 1. The van der Waals surface area contributed by atoms with E-state index in [1.54, 1.807) is 17.8 Å². The van der Waals surface area contributed by atoms with Gasteiger partial charge >= 0.3 is 5.97 Å². The largest absolute Gasteiger partial charge is 0.481 e. The molecule has 1 unspecified atom stereocenters. The number of thioether (sulfide) groups is 1. The number of carboxylic acids is 1. The molecule has 6 heteroatoms. The summed E-state index contributed by atoms with van der Waals surface area (Å²) in [5.74, 6) is -0.0246. The van der Waals surface area contributed by atoms with Gasteiger partial charge in [0.2, 0.25) is 5.91 Å². The predicted octanol–water partition coefficient (Wildman–Crippen LogP) is 3.63. The van der Waals surface area contributed by atoms with Gasteiger partial charge in [0.05, 0.1) is 11.1 Å². The second-order valence-corrected chi connectivity index (χ2v) is 7.23. The van der Waals surface area contributed by atoms with E-state index in [1.165, 1.54) is 0 Å². The van der Waals surface area contributed by atoms with E-state index in [9.17, 15) is 14.4 Å². The quantitative estimate of drug-likeness (QED) is 0.403. The number of rotatable bonds is 13. The number of allylic oxidation sites excluding steroid dienone is 1. The Labute approximate surface area is 148 Å². The molecular formula is C18H29NO4S. The van der Waals surface area contributed by atoms with Crippen molar-refractivity contribution in [2.75, 3.05) is 12.3 Å². The van der Waals surface area contributed by atoms with Crippen LogP contribution in [0, 0.1) is 0 Å². The topological polar surface area (TPSA) is 74.7 Å². The number of carbonyl (C=O) groups is 3. The van der Waals surface area contributed by atoms with E-state index in [2.05, 4.69) is 6.92 Å². The Kier molecular flexibility index (Phi) is 10.5. The maximum absolute atomic E-state index is 12.0. The first-order valence-electron chi connectivity index (χ1n) is 8.88. The van der Waals surface area contributed by atoms with Crippen LogP contribution in [0.3, 0.4) is 0 Å². The first-order chi connectivity index (χ1) is 11.5. The minimum absolute atomic E-state index is 0.0355. The fraction of sp³-hybridized carbons (Fsp3) is 0.722. The van der Waals surface area contributed by atoms with Gasteiger partial charge in [0.15, 0.2) is 5.78 Å². The lowest BCUT2D eigenvalue weighted by Gasteiger charge is -2.21. The molecule has 0 saturated carbocycles. The summed E-state index contributed by atoms with van der Waals surface area (Å²) in [6.07, 6.45) is 10.7. The molecule has 1 fully saturated rings. The Morgan fingerprint density at radius 3 is 2.58 bits per heavy atom. The molecule has 1 aliphatic heterocycles. The number of hydrogen-bond donors (Lipinski definition) is 1. The van der Waals surface area contributed by atoms with E-state index in [1.807, 2.05) is 11.0 Å². The third kappa shape index (κ3) is 8.52. The van der Waals surface area contributed by atoms with E-state index in [-0.39, 0.29) is 23.5 Å². The van der Waals surface area contributed by atoms with Gasteiger partial charge in [-0.1, -0.05) is 32.6 Å². The van der Waals surface area contributed by atoms with E-state index < -0.39 is 5.97 Å². The zero-order valence-electron chi connectivity index (χ0n) is 14.5. The Morgan fingerprint density at radius 1 is 1.17 bits per heavy atom. The highest BCUT2D eigenvalue weighted by atomic mass is 32.2. The summed E-state index contributed by atoms with van der Waals surface area (Å²) in [5, 5.41) is 8.56. The highest BCUT2D eigenvalue weighted by Crippen LogP contribution is 2.26. The standard InChI is InChI=1S/C18H29NO4S/c1-2-3-6-9-15(20)11-12-17-19(16(21)14-24-17)13-8-5-4-7-10-18(22)23/h11-12,17H,2-10,13-14H2,1H3,(H,22,23). The van der Waals surface area contributed by atoms with Gasteiger partial charge in [0, 0.05) is 19.4 Å². The summed E-state index contributed by atoms with van der Waals surface area (Å²) in [6.45, 7) is 2.79. The Hall–Kier alpha value is -1.30. The van der Waals surface area contributed by atoms with Crippen molar-refractivity contribution in [1.82, 2.24) is 4.90 Å². The van der Waals surface area contributed by atoms with Gasteiger partial charge in [-0.2, -0.15) is 0 Å². The van der Waals surface area contributed by atoms with Crippen LogP contribution in [0.4, 0.5) is 0 Å². The van der Waals surface area contributed by atoms with E-state index in [4.69, 9.17) is 5.11 Å². The van der Waals surface area contributed by atoms with Crippen molar-refractivity contribution >= 4 is 29.4 Å². The van der Waals surface area contributed by atoms with Crippen molar-refractivity contribution in [3.63, 3.8) is 0 Å². The van der Waals surface area contributed by atoms with Crippen LogP contribution >= 0.6 is 11.8 Å². The van der Waals surface area contributed by atoms with Crippen LogP contribution in [0.25, 0.3) is 0 Å². The second-order valence-electron chi connectivity index (χ2n) is 6.13. The lowest BCUT2D eigenvalue weighted by Crippen LogP contribution is -2.32. The summed E-state index contributed by atoms with van der Waals surface area (Å²) >= 11 is 1.56. The van der Waals surface area contributed by atoms with Crippen LogP contribution in [-0.2, 0) is 14.4 Å². The average molecular weight is 356 g/mol. The number of aliphatic carboxylic acids is 1. The third-order valence-electron chi connectivity index (χ3n) is 4.02. The number of carboxylic acid groups (broad SMARTS) is 1. The van der Waals surface area contributed by atoms with E-state index in [0.717, 1.165) is 38.5 Å². The summed E-state index contributed by atoms with van der Waals surface area (Å²) in [7, 11) is 0. The third-order valence-corrected chi connectivity index (χ3v) is 5.18. The summed E-state index contributed by atoms with van der Waals surface area (Å²) in [6, 6.07) is 0. The monoisotopic (exact) mass is 355 g/mol. The van der Waals surface area contributed by atoms with Gasteiger partial charge < -0.3 is 10.0 Å². The molecule has 1 aliphatic rings. The Bertz CT molecular complexity index is 450. The summed E-state index contributed by atoms with van der Waals surface area (Å²) in [4.78, 5) is 36.0. The fourth-order valence-corrected chi connectivity index (χ4v) is 3.69. The molecule has 1 atom stereocenters. The molecule has 0 aromatic rings. The molecule has 1 heterocycles. The van der Waals surface area contributed by atoms with Gasteiger partial charge in [-0.25, -0.2) is 0 Å². The van der Waals surface area contributed by atoms with E-state index >= 15 is 0 Å². The van der Waals surface area contributed by atoms with Crippen molar-refractivity contribution in [1.29, 1.82) is 0 Å². The average Bonchev–Trinajstić information content (AvgIpc) is 2.89. The van der Waals surface area contributed by atoms with Gasteiger partial charge in [-0.05, 0) is 31.4 Å². The van der Waals surface area contributed by atoms with Crippen LogP contribution in [0.2, 0.25) is 0 Å². The number of unbranched alkanes of at least 4 members (excludes halogenated alkanes) is 5. The first kappa shape index (κ1) is 20.7. The molecule has 1 rings (SSSR count). The number of nitrogens with zero attached hydrogens (tertiary/aromatic N) is 1. The van der Waals surface area contributed by atoms with Gasteiger partial charge in [0.25, 0.3) is 0 Å². The van der Waals surface area contributed by atoms with Crippen molar-refractivity contribution < 1.29 is 19.5 Å². The molecule has 0 aromatic heterocycles. The number of carbonyl (C=O) groups excluding carboxylic acids is 2. The molecule has 136 valence electrons. The molecule has 0 aromatic carbocycles. The highest BCUT2D eigenvalue weighted by molar-refractivity contribution is 8.01. The zero-order valence-corrected chi connectivity index (χ0v) is 15.4. The molecule has 1 N–H and O–H groups in total. The maximum atomic E-state index is 12.0. The predicted molar refractivity (Wildman–Crippen MR) is 97.0 cm³/mol. The normalized spacial score (nSPS) is 17.8. The molecule has 1 saturated heterocycles. The Balaban J connectivity index is 2.29. The van der Waals surface area contributed by atoms with Crippen molar-refractivity contribution in [3.8, 4) is 0 Å². The van der Waals surface area contributed by atoms with Crippen LogP contribution in [0.15, 0.2) is 12.2 Å². The van der Waals surface area contributed by atoms with Crippen LogP contribution in [-0.4, -0.2) is 45.3 Å².